The van der Waals surface area contributed by atoms with Crippen LogP contribution in [0.5, 0.6) is 0 Å². The third kappa shape index (κ3) is 5.31. The van der Waals surface area contributed by atoms with Crippen molar-refractivity contribution in [2.75, 3.05) is 0 Å². The Morgan fingerprint density at radius 2 is 1.65 bits per heavy atom. The van der Waals surface area contributed by atoms with Gasteiger partial charge in [0.05, 0.1) is 11.5 Å². The Kier molecular flexibility index (Phi) is 6.82. The number of benzene rings is 2. The fourth-order valence-electron chi connectivity index (χ4n) is 4.74. The highest BCUT2D eigenvalue weighted by molar-refractivity contribution is 5.78. The zero-order valence-corrected chi connectivity index (χ0v) is 18.6. The van der Waals surface area contributed by atoms with E-state index in [2.05, 4.69) is 32.9 Å². The zero-order chi connectivity index (χ0) is 22.8. The molecular weight excluding hydrogens is 401 g/mol. The molecule has 1 fully saturated rings. The van der Waals surface area contributed by atoms with Crippen LogP contribution in [-0.4, -0.2) is 12.1 Å². The van der Waals surface area contributed by atoms with Gasteiger partial charge in [0.25, 0.3) is 0 Å². The first-order valence-corrected chi connectivity index (χ1v) is 10.9. The summed E-state index contributed by atoms with van der Waals surface area (Å²) in [6, 6.07) is 15.2. The van der Waals surface area contributed by atoms with Gasteiger partial charge in [0, 0.05) is 5.92 Å². The predicted molar refractivity (Wildman–Crippen MR) is 116 cm³/mol. The average Bonchev–Trinajstić information content (AvgIpc) is 2.73. The SMILES string of the molecule is C[C@H]1CC[C@H](C(C)(C)c2ccccc2)[C@@H](OC(=O)[C@@H](C)c2cccc(C(F)(F)F)c2)C1. The summed E-state index contributed by atoms with van der Waals surface area (Å²) in [4.78, 5) is 13.0. The first-order valence-electron chi connectivity index (χ1n) is 10.9. The largest absolute Gasteiger partial charge is 0.462 e. The van der Waals surface area contributed by atoms with Gasteiger partial charge in [-0.05, 0) is 48.3 Å². The molecule has 2 aromatic carbocycles. The van der Waals surface area contributed by atoms with Crippen LogP contribution >= 0.6 is 0 Å². The number of hydrogen-bond acceptors (Lipinski definition) is 2. The maximum absolute atomic E-state index is 13.1. The van der Waals surface area contributed by atoms with E-state index >= 15 is 0 Å². The van der Waals surface area contributed by atoms with Crippen molar-refractivity contribution in [2.45, 2.75) is 70.6 Å². The normalized spacial score (nSPS) is 23.3. The summed E-state index contributed by atoms with van der Waals surface area (Å²) in [6.07, 6.45) is -1.93. The van der Waals surface area contributed by atoms with Crippen molar-refractivity contribution in [3.63, 3.8) is 0 Å². The maximum Gasteiger partial charge on any atom is 0.416 e. The number of hydrogen-bond donors (Lipinski definition) is 0. The van der Waals surface area contributed by atoms with E-state index in [1.165, 1.54) is 11.6 Å². The quantitative estimate of drug-likeness (QED) is 0.470. The van der Waals surface area contributed by atoms with E-state index in [0.717, 1.165) is 31.4 Å². The van der Waals surface area contributed by atoms with Crippen LogP contribution in [-0.2, 0) is 21.1 Å². The van der Waals surface area contributed by atoms with Crippen molar-refractivity contribution >= 4 is 5.97 Å². The van der Waals surface area contributed by atoms with E-state index in [1.807, 2.05) is 18.2 Å². The number of rotatable bonds is 5. The Balaban J connectivity index is 1.80. The summed E-state index contributed by atoms with van der Waals surface area (Å²) >= 11 is 0. The summed E-state index contributed by atoms with van der Waals surface area (Å²) in [5.74, 6) is -0.652. The van der Waals surface area contributed by atoms with Gasteiger partial charge in [0.2, 0.25) is 0 Å². The first-order chi connectivity index (χ1) is 14.5. The fraction of sp³-hybridized carbons (Fsp3) is 0.500. The highest BCUT2D eigenvalue weighted by Crippen LogP contribution is 2.44. The number of ether oxygens (including phenoxy) is 1. The summed E-state index contributed by atoms with van der Waals surface area (Å²) < 4.78 is 45.2. The Labute approximate surface area is 182 Å². The molecule has 1 aliphatic rings. The Bertz CT molecular complexity index is 889. The van der Waals surface area contributed by atoms with Crippen LogP contribution in [0.4, 0.5) is 13.2 Å². The molecule has 0 amide bonds. The molecule has 1 saturated carbocycles. The van der Waals surface area contributed by atoms with Gasteiger partial charge in [-0.2, -0.15) is 13.2 Å². The molecule has 5 heteroatoms. The minimum Gasteiger partial charge on any atom is -0.462 e. The number of alkyl halides is 3. The molecule has 0 aliphatic heterocycles. The molecule has 168 valence electrons. The molecule has 0 aromatic heterocycles. The molecule has 0 saturated heterocycles. The van der Waals surface area contributed by atoms with E-state index in [1.54, 1.807) is 13.0 Å². The monoisotopic (exact) mass is 432 g/mol. The molecule has 2 aromatic rings. The third-order valence-corrected chi connectivity index (χ3v) is 6.83. The first kappa shape index (κ1) is 23.4. The average molecular weight is 433 g/mol. The highest BCUT2D eigenvalue weighted by atomic mass is 19.4. The van der Waals surface area contributed by atoms with Crippen molar-refractivity contribution in [1.82, 2.24) is 0 Å². The Morgan fingerprint density at radius 3 is 2.29 bits per heavy atom. The number of esters is 1. The fourth-order valence-corrected chi connectivity index (χ4v) is 4.74. The van der Waals surface area contributed by atoms with Crippen molar-refractivity contribution in [2.24, 2.45) is 11.8 Å². The van der Waals surface area contributed by atoms with Crippen molar-refractivity contribution in [3.05, 3.63) is 71.3 Å². The lowest BCUT2D eigenvalue weighted by molar-refractivity contribution is -0.158. The molecule has 3 rings (SSSR count). The van der Waals surface area contributed by atoms with Crippen LogP contribution in [0.15, 0.2) is 54.6 Å². The Hall–Kier alpha value is -2.30. The van der Waals surface area contributed by atoms with Crippen LogP contribution in [0.25, 0.3) is 0 Å². The Morgan fingerprint density at radius 1 is 1.00 bits per heavy atom. The standard InChI is InChI=1S/C26H31F3O2/c1-17-13-14-22(25(3,4)20-10-6-5-7-11-20)23(15-17)31-24(30)18(2)19-9-8-12-21(16-19)26(27,28)29/h5-12,16-18,22-23H,13-15H2,1-4H3/t17-,18-,22-,23-/m0/s1. The molecule has 0 bridgehead atoms. The highest BCUT2D eigenvalue weighted by Gasteiger charge is 2.42. The van der Waals surface area contributed by atoms with Crippen molar-refractivity contribution in [3.8, 4) is 0 Å². The number of halogens is 3. The van der Waals surface area contributed by atoms with Gasteiger partial charge in [-0.3, -0.25) is 4.79 Å². The molecule has 0 unspecified atom stereocenters. The molecule has 31 heavy (non-hydrogen) atoms. The lowest BCUT2D eigenvalue weighted by Gasteiger charge is -2.44. The lowest BCUT2D eigenvalue weighted by atomic mass is 9.64. The summed E-state index contributed by atoms with van der Waals surface area (Å²) in [6.45, 7) is 8.13. The summed E-state index contributed by atoms with van der Waals surface area (Å²) in [7, 11) is 0. The van der Waals surface area contributed by atoms with Crippen LogP contribution in [0.2, 0.25) is 0 Å². The molecule has 4 atom stereocenters. The van der Waals surface area contributed by atoms with Gasteiger partial charge in [-0.1, -0.05) is 75.7 Å². The van der Waals surface area contributed by atoms with E-state index in [4.69, 9.17) is 4.74 Å². The summed E-state index contributed by atoms with van der Waals surface area (Å²) in [5, 5.41) is 0. The molecular formula is C26H31F3O2. The van der Waals surface area contributed by atoms with Crippen LogP contribution < -0.4 is 0 Å². The summed E-state index contributed by atoms with van der Waals surface area (Å²) in [5.41, 5.74) is 0.578. The van der Waals surface area contributed by atoms with Gasteiger partial charge in [-0.15, -0.1) is 0 Å². The predicted octanol–water partition coefficient (Wildman–Crippen LogP) is 7.13. The van der Waals surface area contributed by atoms with Gasteiger partial charge in [-0.25, -0.2) is 0 Å². The van der Waals surface area contributed by atoms with Gasteiger partial charge < -0.3 is 4.74 Å². The van der Waals surface area contributed by atoms with E-state index < -0.39 is 23.6 Å². The second-order valence-electron chi connectivity index (χ2n) is 9.43. The van der Waals surface area contributed by atoms with Crippen molar-refractivity contribution in [1.29, 1.82) is 0 Å². The molecule has 0 heterocycles. The van der Waals surface area contributed by atoms with Gasteiger partial charge >= 0.3 is 12.1 Å². The zero-order valence-electron chi connectivity index (χ0n) is 18.6. The van der Waals surface area contributed by atoms with E-state index in [9.17, 15) is 18.0 Å². The van der Waals surface area contributed by atoms with Crippen LogP contribution in [0.3, 0.4) is 0 Å². The van der Waals surface area contributed by atoms with Crippen LogP contribution in [0, 0.1) is 11.8 Å². The molecule has 0 N–H and O–H groups in total. The minimum absolute atomic E-state index is 0.142. The third-order valence-electron chi connectivity index (χ3n) is 6.83. The number of carbonyl (C=O) groups is 1. The van der Waals surface area contributed by atoms with E-state index in [-0.39, 0.29) is 17.4 Å². The van der Waals surface area contributed by atoms with Gasteiger partial charge in [0.15, 0.2) is 0 Å². The second kappa shape index (κ2) is 9.05. The van der Waals surface area contributed by atoms with Crippen molar-refractivity contribution < 1.29 is 22.7 Å². The van der Waals surface area contributed by atoms with Gasteiger partial charge in [0.1, 0.15) is 6.10 Å². The topological polar surface area (TPSA) is 26.3 Å². The molecule has 2 nitrogen and oxygen atoms in total. The maximum atomic E-state index is 13.1. The second-order valence-corrected chi connectivity index (χ2v) is 9.43. The number of carbonyl (C=O) groups excluding carboxylic acids is 1. The molecule has 0 radical (unpaired) electrons. The van der Waals surface area contributed by atoms with E-state index in [0.29, 0.717) is 11.5 Å². The van der Waals surface area contributed by atoms with Crippen LogP contribution in [0.1, 0.15) is 69.6 Å². The lowest BCUT2D eigenvalue weighted by Crippen LogP contribution is -2.44. The minimum atomic E-state index is -4.44. The molecule has 1 aliphatic carbocycles. The smallest absolute Gasteiger partial charge is 0.416 e. The molecule has 0 spiro atoms.